The Labute approximate surface area is 138 Å². The lowest BCUT2D eigenvalue weighted by atomic mass is 10.2. The molecule has 3 N–H and O–H groups in total. The first-order chi connectivity index (χ1) is 10.3. The van der Waals surface area contributed by atoms with E-state index < -0.39 is 11.9 Å². The van der Waals surface area contributed by atoms with Crippen molar-refractivity contribution in [2.45, 2.75) is 19.9 Å². The van der Waals surface area contributed by atoms with Crippen LogP contribution in [0.15, 0.2) is 18.2 Å². The van der Waals surface area contributed by atoms with Gasteiger partial charge in [0.05, 0.1) is 15.6 Å². The zero-order chi connectivity index (χ0) is 16.7. The van der Waals surface area contributed by atoms with Gasteiger partial charge in [-0.3, -0.25) is 14.4 Å². The van der Waals surface area contributed by atoms with Crippen LogP contribution in [0.25, 0.3) is 0 Å². The zero-order valence-corrected chi connectivity index (χ0v) is 13.7. The standard InChI is InChI=1S/C14H17Cl2N3O3/c1-8(13(21)18-7-6-17-9(2)20)19-14(22)10-4-3-5-11(15)12(10)16/h3-5,8H,6-7H2,1-2H3,(H,17,20)(H,18,21)(H,19,22). The van der Waals surface area contributed by atoms with E-state index >= 15 is 0 Å². The molecule has 0 aromatic heterocycles. The van der Waals surface area contributed by atoms with Gasteiger partial charge in [0.2, 0.25) is 11.8 Å². The van der Waals surface area contributed by atoms with E-state index in [9.17, 15) is 14.4 Å². The molecule has 0 bridgehead atoms. The highest BCUT2D eigenvalue weighted by Gasteiger charge is 2.18. The molecule has 1 aromatic carbocycles. The summed E-state index contributed by atoms with van der Waals surface area (Å²) in [6.07, 6.45) is 0. The normalized spacial score (nSPS) is 11.5. The first kappa shape index (κ1) is 18.3. The van der Waals surface area contributed by atoms with Gasteiger partial charge in [0.1, 0.15) is 6.04 Å². The number of carbonyl (C=O) groups is 3. The summed E-state index contributed by atoms with van der Waals surface area (Å²) in [6, 6.07) is 3.94. The molecule has 0 fully saturated rings. The summed E-state index contributed by atoms with van der Waals surface area (Å²) in [4.78, 5) is 34.5. The number of hydrogen-bond acceptors (Lipinski definition) is 3. The summed E-state index contributed by atoms with van der Waals surface area (Å²) < 4.78 is 0. The third-order valence-corrected chi connectivity index (χ3v) is 3.55. The summed E-state index contributed by atoms with van der Waals surface area (Å²) in [5.41, 5.74) is 0.201. The average molecular weight is 346 g/mol. The van der Waals surface area contributed by atoms with Crippen molar-refractivity contribution in [3.05, 3.63) is 33.8 Å². The Morgan fingerprint density at radius 2 is 1.77 bits per heavy atom. The van der Waals surface area contributed by atoms with Gasteiger partial charge in [-0.2, -0.15) is 0 Å². The second-order valence-corrected chi connectivity index (χ2v) is 5.36. The van der Waals surface area contributed by atoms with Crippen LogP contribution in [0, 0.1) is 0 Å². The predicted molar refractivity (Wildman–Crippen MR) is 85.1 cm³/mol. The van der Waals surface area contributed by atoms with Crippen molar-refractivity contribution in [2.24, 2.45) is 0 Å². The van der Waals surface area contributed by atoms with Crippen molar-refractivity contribution in [1.82, 2.24) is 16.0 Å². The van der Waals surface area contributed by atoms with Crippen LogP contribution < -0.4 is 16.0 Å². The van der Waals surface area contributed by atoms with E-state index in [0.29, 0.717) is 6.54 Å². The van der Waals surface area contributed by atoms with Gasteiger partial charge in [-0.15, -0.1) is 0 Å². The van der Waals surface area contributed by atoms with E-state index in [-0.39, 0.29) is 34.0 Å². The number of nitrogens with one attached hydrogen (secondary N) is 3. The van der Waals surface area contributed by atoms with Gasteiger partial charge in [0.25, 0.3) is 5.91 Å². The minimum absolute atomic E-state index is 0.139. The third kappa shape index (κ3) is 5.54. The molecule has 0 aliphatic heterocycles. The van der Waals surface area contributed by atoms with Gasteiger partial charge in [-0.05, 0) is 19.1 Å². The van der Waals surface area contributed by atoms with E-state index in [1.165, 1.54) is 13.0 Å². The Morgan fingerprint density at radius 3 is 2.41 bits per heavy atom. The summed E-state index contributed by atoms with van der Waals surface area (Å²) >= 11 is 11.8. The Hall–Kier alpha value is -1.79. The number of hydrogen-bond donors (Lipinski definition) is 3. The molecule has 0 saturated carbocycles. The third-order valence-electron chi connectivity index (χ3n) is 2.74. The lowest BCUT2D eigenvalue weighted by Crippen LogP contribution is -2.46. The Balaban J connectivity index is 2.51. The maximum absolute atomic E-state index is 12.1. The maximum atomic E-state index is 12.1. The Morgan fingerprint density at radius 1 is 1.14 bits per heavy atom. The van der Waals surface area contributed by atoms with Crippen molar-refractivity contribution in [1.29, 1.82) is 0 Å². The van der Waals surface area contributed by atoms with Crippen LogP contribution in [-0.2, 0) is 9.59 Å². The van der Waals surface area contributed by atoms with Crippen LogP contribution in [-0.4, -0.2) is 36.9 Å². The molecule has 3 amide bonds. The highest BCUT2D eigenvalue weighted by atomic mass is 35.5. The molecule has 120 valence electrons. The molecule has 0 heterocycles. The van der Waals surface area contributed by atoms with Crippen LogP contribution in [0.2, 0.25) is 10.0 Å². The number of halogens is 2. The van der Waals surface area contributed by atoms with Gasteiger partial charge in [-0.1, -0.05) is 29.3 Å². The van der Waals surface area contributed by atoms with Crippen LogP contribution in [0.1, 0.15) is 24.2 Å². The second-order valence-electron chi connectivity index (χ2n) is 4.57. The van der Waals surface area contributed by atoms with Gasteiger partial charge in [-0.25, -0.2) is 0 Å². The fourth-order valence-electron chi connectivity index (χ4n) is 1.60. The van der Waals surface area contributed by atoms with Crippen molar-refractivity contribution in [3.63, 3.8) is 0 Å². The van der Waals surface area contributed by atoms with Crippen molar-refractivity contribution < 1.29 is 14.4 Å². The predicted octanol–water partition coefficient (Wildman–Crippen LogP) is 1.36. The molecule has 0 saturated heterocycles. The molecule has 8 heteroatoms. The minimum atomic E-state index is -0.750. The van der Waals surface area contributed by atoms with E-state index in [1.54, 1.807) is 19.1 Å². The minimum Gasteiger partial charge on any atom is -0.355 e. The van der Waals surface area contributed by atoms with E-state index in [2.05, 4.69) is 16.0 Å². The summed E-state index contributed by atoms with van der Waals surface area (Å²) in [5, 5.41) is 8.08. The second kappa shape index (κ2) is 8.60. The lowest BCUT2D eigenvalue weighted by Gasteiger charge is -2.15. The highest BCUT2D eigenvalue weighted by Crippen LogP contribution is 2.25. The quantitative estimate of drug-likeness (QED) is 0.680. The van der Waals surface area contributed by atoms with E-state index in [4.69, 9.17) is 23.2 Å². The molecule has 6 nitrogen and oxygen atoms in total. The lowest BCUT2D eigenvalue weighted by molar-refractivity contribution is -0.123. The topological polar surface area (TPSA) is 87.3 Å². The smallest absolute Gasteiger partial charge is 0.253 e. The first-order valence-corrected chi connectivity index (χ1v) is 7.35. The highest BCUT2D eigenvalue weighted by molar-refractivity contribution is 6.43. The van der Waals surface area contributed by atoms with Gasteiger partial charge >= 0.3 is 0 Å². The zero-order valence-electron chi connectivity index (χ0n) is 12.2. The summed E-state index contributed by atoms with van der Waals surface area (Å²) in [6.45, 7) is 3.53. The molecule has 0 radical (unpaired) electrons. The Bertz CT molecular complexity index is 578. The fraction of sp³-hybridized carbons (Fsp3) is 0.357. The molecule has 0 aliphatic carbocycles. The van der Waals surface area contributed by atoms with Gasteiger partial charge < -0.3 is 16.0 Å². The van der Waals surface area contributed by atoms with E-state index in [0.717, 1.165) is 0 Å². The Kier molecular flexibility index (Phi) is 7.14. The fourth-order valence-corrected chi connectivity index (χ4v) is 1.98. The average Bonchev–Trinajstić information content (AvgIpc) is 2.45. The number of rotatable bonds is 6. The largest absolute Gasteiger partial charge is 0.355 e. The van der Waals surface area contributed by atoms with Crippen molar-refractivity contribution in [3.8, 4) is 0 Å². The molecular formula is C14H17Cl2N3O3. The van der Waals surface area contributed by atoms with Gasteiger partial charge in [0.15, 0.2) is 0 Å². The SMILES string of the molecule is CC(=O)NCCNC(=O)C(C)NC(=O)c1cccc(Cl)c1Cl. The number of amides is 3. The van der Waals surface area contributed by atoms with Crippen LogP contribution in [0.5, 0.6) is 0 Å². The summed E-state index contributed by atoms with van der Waals surface area (Å²) in [7, 11) is 0. The molecule has 0 spiro atoms. The van der Waals surface area contributed by atoms with Crippen LogP contribution in [0.4, 0.5) is 0 Å². The molecule has 1 rings (SSSR count). The summed E-state index contributed by atoms with van der Waals surface area (Å²) in [5.74, 6) is -1.03. The molecular weight excluding hydrogens is 329 g/mol. The first-order valence-electron chi connectivity index (χ1n) is 6.60. The van der Waals surface area contributed by atoms with Crippen LogP contribution in [0.3, 0.4) is 0 Å². The van der Waals surface area contributed by atoms with Gasteiger partial charge in [0, 0.05) is 20.0 Å². The van der Waals surface area contributed by atoms with Crippen molar-refractivity contribution in [2.75, 3.05) is 13.1 Å². The van der Waals surface area contributed by atoms with E-state index in [1.807, 2.05) is 0 Å². The molecule has 0 aliphatic rings. The number of benzene rings is 1. The molecule has 1 aromatic rings. The number of carbonyl (C=O) groups excluding carboxylic acids is 3. The van der Waals surface area contributed by atoms with Crippen LogP contribution >= 0.6 is 23.2 Å². The molecule has 1 atom stereocenters. The van der Waals surface area contributed by atoms with Crippen molar-refractivity contribution >= 4 is 40.9 Å². The maximum Gasteiger partial charge on any atom is 0.253 e. The molecule has 22 heavy (non-hydrogen) atoms. The monoisotopic (exact) mass is 345 g/mol. The molecule has 1 unspecified atom stereocenters.